The molecule has 100 valence electrons. The average molecular weight is 247 g/mol. The highest BCUT2D eigenvalue weighted by Gasteiger charge is 2.29. The summed E-state index contributed by atoms with van der Waals surface area (Å²) in [5.74, 6) is 0.601. The Labute approximate surface area is 111 Å². The van der Waals surface area contributed by atoms with Gasteiger partial charge in [0.15, 0.2) is 0 Å². The summed E-state index contributed by atoms with van der Waals surface area (Å²) < 4.78 is 6.10. The average Bonchev–Trinajstić information content (AvgIpc) is 2.38. The minimum Gasteiger partial charge on any atom is -0.376 e. The smallest absolute Gasteiger partial charge is 0.0773 e. The molecule has 2 heteroatoms. The van der Waals surface area contributed by atoms with Crippen molar-refractivity contribution in [2.24, 2.45) is 5.92 Å². The van der Waals surface area contributed by atoms with E-state index in [0.717, 1.165) is 26.0 Å². The van der Waals surface area contributed by atoms with Crippen molar-refractivity contribution >= 4 is 0 Å². The lowest BCUT2D eigenvalue weighted by atomic mass is 9.85. The van der Waals surface area contributed by atoms with E-state index >= 15 is 0 Å². The quantitative estimate of drug-likeness (QED) is 0.862. The van der Waals surface area contributed by atoms with Crippen LogP contribution in [0, 0.1) is 5.92 Å². The van der Waals surface area contributed by atoms with Crippen LogP contribution in [0.3, 0.4) is 0 Å². The van der Waals surface area contributed by atoms with E-state index in [1.165, 1.54) is 11.1 Å². The molecule has 0 radical (unpaired) electrons. The van der Waals surface area contributed by atoms with Crippen molar-refractivity contribution in [3.8, 4) is 0 Å². The third-order valence-corrected chi connectivity index (χ3v) is 3.53. The van der Waals surface area contributed by atoms with Gasteiger partial charge in [-0.25, -0.2) is 0 Å². The van der Waals surface area contributed by atoms with Gasteiger partial charge in [0.05, 0.1) is 12.1 Å². The van der Waals surface area contributed by atoms with Gasteiger partial charge in [0.2, 0.25) is 0 Å². The van der Waals surface area contributed by atoms with Crippen molar-refractivity contribution in [2.75, 3.05) is 13.2 Å². The number of aryl methyl sites for hydroxylation is 1. The first-order valence-electron chi connectivity index (χ1n) is 7.15. The molecule has 2 atom stereocenters. The zero-order valence-corrected chi connectivity index (χ0v) is 11.8. The molecule has 1 N–H and O–H groups in total. The van der Waals surface area contributed by atoms with E-state index in [9.17, 15) is 0 Å². The van der Waals surface area contributed by atoms with Gasteiger partial charge in [-0.15, -0.1) is 0 Å². The molecule has 0 aromatic heterocycles. The standard InChI is InChI=1S/C16H25NO/c1-4-17-16-14-8-6-5-7-13(14)9-10-15(16)18-11-12(2)3/h5-8,12,15-17H,4,9-11H2,1-3H3. The van der Waals surface area contributed by atoms with E-state index < -0.39 is 0 Å². The Hall–Kier alpha value is -0.860. The molecular weight excluding hydrogens is 222 g/mol. The molecule has 0 heterocycles. The largest absolute Gasteiger partial charge is 0.376 e. The second-order valence-corrected chi connectivity index (χ2v) is 5.54. The summed E-state index contributed by atoms with van der Waals surface area (Å²) in [5.41, 5.74) is 2.91. The molecule has 1 aromatic rings. The molecule has 18 heavy (non-hydrogen) atoms. The van der Waals surface area contributed by atoms with Crippen LogP contribution in [-0.2, 0) is 11.2 Å². The number of hydrogen-bond acceptors (Lipinski definition) is 2. The topological polar surface area (TPSA) is 21.3 Å². The van der Waals surface area contributed by atoms with Crippen molar-refractivity contribution in [3.05, 3.63) is 35.4 Å². The minimum absolute atomic E-state index is 0.322. The van der Waals surface area contributed by atoms with Gasteiger partial charge >= 0.3 is 0 Å². The minimum atomic E-state index is 0.322. The van der Waals surface area contributed by atoms with Gasteiger partial charge in [-0.1, -0.05) is 45.0 Å². The summed E-state index contributed by atoms with van der Waals surface area (Å²) in [7, 11) is 0. The number of rotatable bonds is 5. The summed E-state index contributed by atoms with van der Waals surface area (Å²) in [5, 5.41) is 3.59. The Balaban J connectivity index is 2.13. The van der Waals surface area contributed by atoms with Crippen LogP contribution in [0.4, 0.5) is 0 Å². The molecule has 1 aromatic carbocycles. The Morgan fingerprint density at radius 2 is 2.11 bits per heavy atom. The van der Waals surface area contributed by atoms with Crippen molar-refractivity contribution in [2.45, 2.75) is 45.8 Å². The first-order valence-corrected chi connectivity index (χ1v) is 7.15. The van der Waals surface area contributed by atoms with Crippen LogP contribution in [0.25, 0.3) is 0 Å². The van der Waals surface area contributed by atoms with E-state index in [1.807, 2.05) is 0 Å². The molecule has 0 fully saturated rings. The van der Waals surface area contributed by atoms with Crippen LogP contribution in [0.2, 0.25) is 0 Å². The fraction of sp³-hybridized carbons (Fsp3) is 0.625. The maximum atomic E-state index is 6.10. The summed E-state index contributed by atoms with van der Waals surface area (Å²) in [6.45, 7) is 8.42. The van der Waals surface area contributed by atoms with Crippen molar-refractivity contribution < 1.29 is 4.74 Å². The lowest BCUT2D eigenvalue weighted by Crippen LogP contribution is -2.38. The SMILES string of the molecule is CCNC1c2ccccc2CCC1OCC(C)C. The zero-order chi connectivity index (χ0) is 13.0. The van der Waals surface area contributed by atoms with Gasteiger partial charge in [0.25, 0.3) is 0 Å². The van der Waals surface area contributed by atoms with Crippen LogP contribution in [0.15, 0.2) is 24.3 Å². The summed E-state index contributed by atoms with van der Waals surface area (Å²) in [6.07, 6.45) is 2.59. The highest BCUT2D eigenvalue weighted by Crippen LogP contribution is 2.31. The van der Waals surface area contributed by atoms with Crippen LogP contribution in [-0.4, -0.2) is 19.3 Å². The van der Waals surface area contributed by atoms with E-state index in [0.29, 0.717) is 18.1 Å². The first-order chi connectivity index (χ1) is 8.72. The number of likely N-dealkylation sites (N-methyl/N-ethyl adjacent to an activating group) is 1. The predicted octanol–water partition coefficient (Wildman–Crippen LogP) is 3.32. The van der Waals surface area contributed by atoms with Crippen molar-refractivity contribution in [1.82, 2.24) is 5.32 Å². The lowest BCUT2D eigenvalue weighted by molar-refractivity contribution is 0.00218. The van der Waals surface area contributed by atoms with Crippen LogP contribution in [0.5, 0.6) is 0 Å². The highest BCUT2D eigenvalue weighted by atomic mass is 16.5. The van der Waals surface area contributed by atoms with E-state index in [1.54, 1.807) is 0 Å². The van der Waals surface area contributed by atoms with Gasteiger partial charge < -0.3 is 10.1 Å². The molecule has 0 bridgehead atoms. The van der Waals surface area contributed by atoms with Crippen molar-refractivity contribution in [3.63, 3.8) is 0 Å². The second-order valence-electron chi connectivity index (χ2n) is 5.54. The maximum absolute atomic E-state index is 6.10. The monoisotopic (exact) mass is 247 g/mol. The van der Waals surface area contributed by atoms with Crippen molar-refractivity contribution in [1.29, 1.82) is 0 Å². The van der Waals surface area contributed by atoms with Gasteiger partial charge in [-0.3, -0.25) is 0 Å². The molecule has 0 saturated heterocycles. The number of nitrogens with one attached hydrogen (secondary N) is 1. The molecule has 0 aliphatic heterocycles. The lowest BCUT2D eigenvalue weighted by Gasteiger charge is -2.34. The van der Waals surface area contributed by atoms with E-state index in [-0.39, 0.29) is 0 Å². The number of fused-ring (bicyclic) bond motifs is 1. The summed E-state index contributed by atoms with van der Waals surface area (Å²) in [4.78, 5) is 0. The highest BCUT2D eigenvalue weighted by molar-refractivity contribution is 5.33. The summed E-state index contributed by atoms with van der Waals surface area (Å²) in [6, 6.07) is 9.12. The van der Waals surface area contributed by atoms with Gasteiger partial charge in [-0.05, 0) is 36.4 Å². The first kappa shape index (κ1) is 13.6. The molecule has 2 nitrogen and oxygen atoms in total. The molecule has 0 saturated carbocycles. The molecular formula is C16H25NO. The molecule has 2 unspecified atom stereocenters. The molecule has 2 rings (SSSR count). The van der Waals surface area contributed by atoms with E-state index in [2.05, 4.69) is 50.4 Å². The Bertz CT molecular complexity index is 375. The number of hydrogen-bond donors (Lipinski definition) is 1. The zero-order valence-electron chi connectivity index (χ0n) is 11.8. The third kappa shape index (κ3) is 3.12. The number of benzene rings is 1. The van der Waals surface area contributed by atoms with Crippen LogP contribution in [0.1, 0.15) is 44.4 Å². The fourth-order valence-electron chi connectivity index (χ4n) is 2.69. The van der Waals surface area contributed by atoms with Gasteiger partial charge in [0.1, 0.15) is 0 Å². The third-order valence-electron chi connectivity index (χ3n) is 3.53. The Morgan fingerprint density at radius 3 is 2.83 bits per heavy atom. The fourth-order valence-corrected chi connectivity index (χ4v) is 2.69. The molecule has 0 spiro atoms. The predicted molar refractivity (Wildman–Crippen MR) is 75.8 cm³/mol. The molecule has 1 aliphatic carbocycles. The van der Waals surface area contributed by atoms with E-state index in [4.69, 9.17) is 4.74 Å². The van der Waals surface area contributed by atoms with Crippen LogP contribution < -0.4 is 5.32 Å². The normalized spacial score (nSPS) is 23.1. The van der Waals surface area contributed by atoms with Crippen LogP contribution >= 0.6 is 0 Å². The maximum Gasteiger partial charge on any atom is 0.0773 e. The van der Waals surface area contributed by atoms with Gasteiger partial charge in [-0.2, -0.15) is 0 Å². The molecule has 1 aliphatic rings. The summed E-state index contributed by atoms with van der Waals surface area (Å²) >= 11 is 0. The Morgan fingerprint density at radius 1 is 1.33 bits per heavy atom. The molecule has 0 amide bonds. The number of ether oxygens (including phenoxy) is 1. The van der Waals surface area contributed by atoms with Gasteiger partial charge in [0, 0.05) is 6.61 Å². The Kier molecular flexibility index (Phi) is 4.79. The second kappa shape index (κ2) is 6.35.